The van der Waals surface area contributed by atoms with Crippen molar-refractivity contribution in [3.8, 4) is 11.5 Å². The summed E-state index contributed by atoms with van der Waals surface area (Å²) in [6.07, 6.45) is 4.06. The highest BCUT2D eigenvalue weighted by atomic mass is 32.2. The molecular formula is C34H35N2O6S+. The van der Waals surface area contributed by atoms with Gasteiger partial charge in [-0.2, -0.15) is 8.42 Å². The van der Waals surface area contributed by atoms with Gasteiger partial charge in [-0.3, -0.25) is 4.55 Å². The van der Waals surface area contributed by atoms with Crippen molar-refractivity contribution in [1.29, 1.82) is 0 Å². The maximum atomic E-state index is 12.5. The molecule has 3 heterocycles. The molecule has 43 heavy (non-hydrogen) atoms. The quantitative estimate of drug-likeness (QED) is 0.262. The van der Waals surface area contributed by atoms with E-state index in [1.165, 1.54) is 0 Å². The molecular weight excluding hydrogens is 564 g/mol. The van der Waals surface area contributed by atoms with E-state index in [2.05, 4.69) is 37.8 Å². The predicted octanol–water partition coefficient (Wildman–Crippen LogP) is 4.55. The van der Waals surface area contributed by atoms with Gasteiger partial charge in [-0.05, 0) is 61.8 Å². The number of allylic oxidation sites excluding steroid dienone is 1. The molecule has 2 N–H and O–H groups in total. The number of carbonyl (C=O) groups is 1. The van der Waals surface area contributed by atoms with E-state index in [0.29, 0.717) is 39.0 Å². The molecule has 3 aromatic carbocycles. The predicted molar refractivity (Wildman–Crippen MR) is 169 cm³/mol. The highest BCUT2D eigenvalue weighted by Crippen LogP contribution is 2.46. The van der Waals surface area contributed by atoms with Gasteiger partial charge in [0.05, 0.1) is 22.7 Å². The summed E-state index contributed by atoms with van der Waals surface area (Å²) in [7, 11) is -0.359. The Bertz CT molecular complexity index is 2070. The average molecular weight is 600 g/mol. The van der Waals surface area contributed by atoms with Crippen LogP contribution in [-0.4, -0.2) is 55.0 Å². The summed E-state index contributed by atoms with van der Waals surface area (Å²) in [5.41, 5.74) is 5.54. The van der Waals surface area contributed by atoms with Crippen molar-refractivity contribution in [3.05, 3.63) is 99.1 Å². The number of likely N-dealkylation sites (N-methyl/N-ethyl adjacent to an activating group) is 2. The molecule has 8 nitrogen and oxygen atoms in total. The number of fused-ring (bicyclic) bond motifs is 4. The van der Waals surface area contributed by atoms with Gasteiger partial charge in [0.25, 0.3) is 10.1 Å². The fourth-order valence-electron chi connectivity index (χ4n) is 6.51. The summed E-state index contributed by atoms with van der Waals surface area (Å²) in [6, 6.07) is 14.7. The molecule has 0 saturated heterocycles. The molecule has 6 rings (SSSR count). The number of hydrogen-bond acceptors (Lipinski definition) is 5. The molecule has 0 saturated carbocycles. The molecule has 9 heteroatoms. The summed E-state index contributed by atoms with van der Waals surface area (Å²) in [4.78, 5) is 14.7. The van der Waals surface area contributed by atoms with Gasteiger partial charge in [0.1, 0.15) is 24.3 Å². The molecule has 0 spiro atoms. The first-order valence-electron chi connectivity index (χ1n) is 14.1. The van der Waals surface area contributed by atoms with Crippen molar-refractivity contribution < 1.29 is 27.6 Å². The molecule has 222 valence electrons. The van der Waals surface area contributed by atoms with Crippen LogP contribution in [0.25, 0.3) is 16.7 Å². The minimum Gasteiger partial charge on any atom is -0.478 e. The van der Waals surface area contributed by atoms with Crippen molar-refractivity contribution in [2.75, 3.05) is 24.7 Å². The van der Waals surface area contributed by atoms with Gasteiger partial charge < -0.3 is 14.7 Å². The van der Waals surface area contributed by atoms with Gasteiger partial charge in [-0.25, -0.2) is 9.37 Å². The molecule has 3 aliphatic heterocycles. The third-order valence-electron chi connectivity index (χ3n) is 9.04. The molecule has 3 aliphatic rings. The van der Waals surface area contributed by atoms with E-state index < -0.39 is 27.4 Å². The van der Waals surface area contributed by atoms with E-state index >= 15 is 0 Å². The van der Waals surface area contributed by atoms with E-state index in [9.17, 15) is 22.9 Å². The van der Waals surface area contributed by atoms with Crippen LogP contribution in [0.15, 0.2) is 60.7 Å². The van der Waals surface area contributed by atoms with Crippen molar-refractivity contribution in [2.24, 2.45) is 0 Å². The van der Waals surface area contributed by atoms with Gasteiger partial charge in [-0.15, -0.1) is 0 Å². The van der Waals surface area contributed by atoms with E-state index in [4.69, 9.17) is 4.74 Å². The fourth-order valence-corrected chi connectivity index (χ4v) is 7.14. The summed E-state index contributed by atoms with van der Waals surface area (Å²) in [6.45, 7) is 10.3. The zero-order valence-corrected chi connectivity index (χ0v) is 26.1. The lowest BCUT2D eigenvalue weighted by Crippen LogP contribution is -2.47. The number of ether oxygens (including phenoxy) is 1. The summed E-state index contributed by atoms with van der Waals surface area (Å²) >= 11 is 0. The Hall–Kier alpha value is -4.21. The van der Waals surface area contributed by atoms with Crippen LogP contribution in [0.1, 0.15) is 67.2 Å². The highest BCUT2D eigenvalue weighted by Gasteiger charge is 2.36. The number of hydrogen-bond donors (Lipinski definition) is 2. The standard InChI is InChI=1S/C34H34N2O6S/c1-19-16-33(2,3)35(6)27-14-29-25(12-23(19)27)31(21-10-8-9-11-22(21)32(37)38)26-13-24-20(18-43(39,40)41)17-34(4,5)36(7)28(24)15-30(26)42-29/h8-17H,18H2,1-7H3,(H-,37,38,39,40,41)/p+1. The fraction of sp³-hybridized carbons (Fsp3) is 0.294. The van der Waals surface area contributed by atoms with Crippen LogP contribution in [0.2, 0.25) is 0 Å². The number of anilines is 1. The van der Waals surface area contributed by atoms with Crippen LogP contribution >= 0.6 is 0 Å². The van der Waals surface area contributed by atoms with Gasteiger partial charge in [-0.1, -0.05) is 24.3 Å². The summed E-state index contributed by atoms with van der Waals surface area (Å²) < 4.78 is 42.7. The molecule has 0 aliphatic carbocycles. The normalized spacial score (nSPS) is 18.0. The zero-order chi connectivity index (χ0) is 31.2. The summed E-state index contributed by atoms with van der Waals surface area (Å²) in [5.74, 6) is -0.472. The molecule has 0 bridgehead atoms. The number of nitrogens with zero attached hydrogens (tertiary/aromatic N) is 2. The summed E-state index contributed by atoms with van der Waals surface area (Å²) in [5, 5.41) is 11.6. The Morgan fingerprint density at radius 1 is 0.953 bits per heavy atom. The van der Waals surface area contributed by atoms with Gasteiger partial charge >= 0.3 is 5.97 Å². The van der Waals surface area contributed by atoms with Crippen LogP contribution in [0.3, 0.4) is 0 Å². The Morgan fingerprint density at radius 3 is 2.33 bits per heavy atom. The van der Waals surface area contributed by atoms with Crippen molar-refractivity contribution in [1.82, 2.24) is 4.58 Å². The van der Waals surface area contributed by atoms with Crippen molar-refractivity contribution >= 4 is 38.5 Å². The molecule has 0 amide bonds. The van der Waals surface area contributed by atoms with Crippen LogP contribution < -0.4 is 24.8 Å². The second kappa shape index (κ2) is 9.39. The molecule has 0 fully saturated rings. The maximum absolute atomic E-state index is 12.5. The van der Waals surface area contributed by atoms with Gasteiger partial charge in [0.15, 0.2) is 5.54 Å². The zero-order valence-electron chi connectivity index (χ0n) is 25.3. The monoisotopic (exact) mass is 599 g/mol. The largest absolute Gasteiger partial charge is 0.478 e. The Balaban J connectivity index is 1.77. The minimum absolute atomic E-state index is 0.143. The van der Waals surface area contributed by atoms with E-state index in [0.717, 1.165) is 27.7 Å². The first-order valence-corrected chi connectivity index (χ1v) is 15.7. The van der Waals surface area contributed by atoms with Crippen LogP contribution in [0.4, 0.5) is 5.69 Å². The maximum Gasteiger partial charge on any atom is 0.336 e. The molecule has 0 atom stereocenters. The topological polar surface area (TPSA) is 107 Å². The Morgan fingerprint density at radius 2 is 1.65 bits per heavy atom. The molecule has 0 radical (unpaired) electrons. The lowest BCUT2D eigenvalue weighted by Gasteiger charge is -2.41. The van der Waals surface area contributed by atoms with Gasteiger partial charge in [0, 0.05) is 54.6 Å². The van der Waals surface area contributed by atoms with Crippen LogP contribution in [0, 0.1) is 0 Å². The van der Waals surface area contributed by atoms with Crippen LogP contribution in [0.5, 0.6) is 11.5 Å². The van der Waals surface area contributed by atoms with E-state index in [1.54, 1.807) is 18.2 Å². The molecule has 0 aromatic heterocycles. The van der Waals surface area contributed by atoms with E-state index in [1.807, 2.05) is 62.9 Å². The first-order chi connectivity index (χ1) is 20.0. The minimum atomic E-state index is -4.33. The third kappa shape index (κ3) is 4.67. The SMILES string of the molecule is CC1=CC(C)(C)N(C)c2cc3c(cc21)C(c1ccccc1C(=O)O)=c1cc2c(cc1O3)=[N+](C)C(C)(C)C=C2CS(=O)(=O)O. The van der Waals surface area contributed by atoms with Gasteiger partial charge in [0.2, 0.25) is 5.36 Å². The number of benzene rings is 3. The second-order valence-corrected chi connectivity index (χ2v) is 14.2. The average Bonchev–Trinajstić information content (AvgIpc) is 2.90. The first kappa shape index (κ1) is 28.9. The number of aromatic carboxylic acids is 1. The van der Waals surface area contributed by atoms with Crippen molar-refractivity contribution in [2.45, 2.75) is 45.7 Å². The number of carboxylic acids is 1. The molecule has 0 unspecified atom stereocenters. The molecule has 3 aromatic rings. The lowest BCUT2D eigenvalue weighted by molar-refractivity contribution is 0.0696. The Kier molecular flexibility index (Phi) is 6.31. The lowest BCUT2D eigenvalue weighted by atomic mass is 9.83. The van der Waals surface area contributed by atoms with E-state index in [-0.39, 0.29) is 11.1 Å². The number of rotatable bonds is 4. The smallest absolute Gasteiger partial charge is 0.336 e. The third-order valence-corrected chi connectivity index (χ3v) is 9.71. The van der Waals surface area contributed by atoms with Crippen molar-refractivity contribution in [3.63, 3.8) is 0 Å². The number of carboxylic acid groups (broad SMARTS) is 1. The highest BCUT2D eigenvalue weighted by molar-refractivity contribution is 7.86. The second-order valence-electron chi connectivity index (χ2n) is 12.7. The van der Waals surface area contributed by atoms with Crippen LogP contribution in [-0.2, 0) is 10.1 Å². The Labute approximate surface area is 251 Å².